The first kappa shape index (κ1) is 21.9. The van der Waals surface area contributed by atoms with Gasteiger partial charge in [0.15, 0.2) is 0 Å². The van der Waals surface area contributed by atoms with Crippen LogP contribution in [0.4, 0.5) is 16.2 Å². The number of aromatic nitrogens is 2. The molecule has 9 nitrogen and oxygen atoms in total. The van der Waals surface area contributed by atoms with E-state index in [9.17, 15) is 9.59 Å². The van der Waals surface area contributed by atoms with Crippen LogP contribution >= 0.6 is 0 Å². The fourth-order valence-electron chi connectivity index (χ4n) is 4.17. The molecule has 1 aliphatic heterocycles. The van der Waals surface area contributed by atoms with Crippen molar-refractivity contribution in [2.45, 2.75) is 25.2 Å². The van der Waals surface area contributed by atoms with E-state index in [4.69, 9.17) is 9.26 Å². The van der Waals surface area contributed by atoms with Crippen LogP contribution in [-0.4, -0.2) is 60.3 Å². The third kappa shape index (κ3) is 4.59. The van der Waals surface area contributed by atoms with Gasteiger partial charge in [-0.1, -0.05) is 11.6 Å². The quantitative estimate of drug-likeness (QED) is 0.570. The van der Waals surface area contributed by atoms with Crippen molar-refractivity contribution >= 4 is 23.4 Å². The number of methoxy groups -OCH3 is 1. The van der Waals surface area contributed by atoms with Crippen LogP contribution in [0.2, 0.25) is 0 Å². The van der Waals surface area contributed by atoms with Crippen molar-refractivity contribution in [2.24, 2.45) is 0 Å². The van der Waals surface area contributed by atoms with Gasteiger partial charge in [0.2, 0.25) is 11.7 Å². The second-order valence-electron chi connectivity index (χ2n) is 8.60. The zero-order valence-corrected chi connectivity index (χ0v) is 19.1. The average molecular weight is 462 g/mol. The van der Waals surface area contributed by atoms with Gasteiger partial charge in [-0.15, -0.1) is 0 Å². The van der Waals surface area contributed by atoms with Crippen LogP contribution in [0.25, 0.3) is 11.4 Å². The van der Waals surface area contributed by atoms with Crippen LogP contribution in [-0.2, 0) is 4.74 Å². The summed E-state index contributed by atoms with van der Waals surface area (Å²) in [4.78, 5) is 32.8. The molecule has 34 heavy (non-hydrogen) atoms. The van der Waals surface area contributed by atoms with E-state index in [0.29, 0.717) is 36.1 Å². The van der Waals surface area contributed by atoms with Crippen molar-refractivity contribution in [2.75, 3.05) is 43.5 Å². The highest BCUT2D eigenvalue weighted by atomic mass is 16.5. The highest BCUT2D eigenvalue weighted by Crippen LogP contribution is 2.36. The fraction of sp³-hybridized carbons (Fsp3) is 0.360. The summed E-state index contributed by atoms with van der Waals surface area (Å²) in [6.45, 7) is 2.71. The zero-order chi connectivity index (χ0) is 23.5. The van der Waals surface area contributed by atoms with Gasteiger partial charge in [-0.05, 0) is 61.4 Å². The number of urea groups is 1. The van der Waals surface area contributed by atoms with E-state index in [-0.39, 0.29) is 6.03 Å². The lowest BCUT2D eigenvalue weighted by Crippen LogP contribution is -2.50. The summed E-state index contributed by atoms with van der Waals surface area (Å²) in [7, 11) is 1.34. The number of hydrogen-bond acceptors (Lipinski definition) is 7. The molecule has 176 valence electrons. The van der Waals surface area contributed by atoms with Crippen molar-refractivity contribution in [3.63, 3.8) is 0 Å². The Morgan fingerprint density at radius 2 is 1.71 bits per heavy atom. The van der Waals surface area contributed by atoms with Crippen LogP contribution in [0.1, 0.15) is 41.4 Å². The molecule has 9 heteroatoms. The number of esters is 1. The van der Waals surface area contributed by atoms with E-state index in [1.54, 1.807) is 29.2 Å². The summed E-state index contributed by atoms with van der Waals surface area (Å²) in [6.07, 6.45) is 3.49. The highest BCUT2D eigenvalue weighted by Gasteiger charge is 2.26. The minimum Gasteiger partial charge on any atom is -0.465 e. The smallest absolute Gasteiger partial charge is 0.337 e. The Morgan fingerprint density at radius 3 is 2.32 bits per heavy atom. The largest absolute Gasteiger partial charge is 0.465 e. The maximum absolute atomic E-state index is 12.6. The minimum atomic E-state index is -0.405. The summed E-state index contributed by atoms with van der Waals surface area (Å²) < 4.78 is 10.1. The van der Waals surface area contributed by atoms with Gasteiger partial charge in [-0.25, -0.2) is 9.59 Å². The first-order valence-corrected chi connectivity index (χ1v) is 11.5. The van der Waals surface area contributed by atoms with Crippen molar-refractivity contribution in [3.8, 4) is 11.4 Å². The van der Waals surface area contributed by atoms with Crippen LogP contribution in [0.15, 0.2) is 53.1 Å². The van der Waals surface area contributed by atoms with Crippen molar-refractivity contribution in [1.29, 1.82) is 0 Å². The van der Waals surface area contributed by atoms with Crippen LogP contribution in [0.3, 0.4) is 0 Å². The SMILES string of the molecule is COC(=O)c1ccc(NC(=O)N2CCN(c3ccc(-c4noc(C5CCC5)n4)cc3)CC2)cc1. The molecule has 1 saturated carbocycles. The highest BCUT2D eigenvalue weighted by molar-refractivity contribution is 5.92. The monoisotopic (exact) mass is 461 g/mol. The van der Waals surface area contributed by atoms with Gasteiger partial charge in [-0.3, -0.25) is 0 Å². The molecule has 0 spiro atoms. The summed E-state index contributed by atoms with van der Waals surface area (Å²) in [5.74, 6) is 1.40. The van der Waals surface area contributed by atoms with Crippen LogP contribution < -0.4 is 10.2 Å². The summed E-state index contributed by atoms with van der Waals surface area (Å²) >= 11 is 0. The third-order valence-electron chi connectivity index (χ3n) is 6.51. The van der Waals surface area contributed by atoms with Gasteiger partial charge in [0.05, 0.1) is 12.7 Å². The van der Waals surface area contributed by atoms with E-state index < -0.39 is 5.97 Å². The van der Waals surface area contributed by atoms with Gasteiger partial charge in [0.1, 0.15) is 0 Å². The molecule has 2 aliphatic rings. The molecule has 1 N–H and O–H groups in total. The molecule has 0 bridgehead atoms. The maximum atomic E-state index is 12.6. The summed E-state index contributed by atoms with van der Waals surface area (Å²) in [6, 6.07) is 14.7. The van der Waals surface area contributed by atoms with Gasteiger partial charge in [-0.2, -0.15) is 4.98 Å². The standard InChI is InChI=1S/C25H27N5O4/c1-33-24(31)19-5-9-20(10-6-19)26-25(32)30-15-13-29(14-16-30)21-11-7-17(8-12-21)22-27-23(34-28-22)18-3-2-4-18/h5-12,18H,2-4,13-16H2,1H3,(H,26,32). The van der Waals surface area contributed by atoms with Crippen LogP contribution in [0.5, 0.6) is 0 Å². The predicted molar refractivity (Wildman–Crippen MR) is 127 cm³/mol. The van der Waals surface area contributed by atoms with Gasteiger partial charge in [0, 0.05) is 49.0 Å². The number of nitrogens with one attached hydrogen (secondary N) is 1. The maximum Gasteiger partial charge on any atom is 0.337 e. The number of carbonyl (C=O) groups is 2. The lowest BCUT2D eigenvalue weighted by Gasteiger charge is -2.36. The van der Waals surface area contributed by atoms with Crippen molar-refractivity contribution in [1.82, 2.24) is 15.0 Å². The zero-order valence-electron chi connectivity index (χ0n) is 19.1. The number of anilines is 2. The van der Waals surface area contributed by atoms with E-state index in [1.165, 1.54) is 13.5 Å². The summed E-state index contributed by atoms with van der Waals surface area (Å²) in [5, 5.41) is 7.03. The normalized spacial score (nSPS) is 16.1. The molecule has 0 atom stereocenters. The molecular formula is C25H27N5O4. The molecular weight excluding hydrogens is 434 g/mol. The molecule has 5 rings (SSSR count). The molecule has 0 unspecified atom stereocenters. The number of ether oxygens (including phenoxy) is 1. The van der Waals surface area contributed by atoms with Crippen LogP contribution in [0, 0.1) is 0 Å². The molecule has 0 radical (unpaired) electrons. The second kappa shape index (κ2) is 9.54. The first-order chi connectivity index (χ1) is 16.6. The number of benzene rings is 2. The molecule has 3 aromatic rings. The first-order valence-electron chi connectivity index (χ1n) is 11.5. The molecule has 1 saturated heterocycles. The van der Waals surface area contributed by atoms with Gasteiger partial charge >= 0.3 is 12.0 Å². The molecule has 2 fully saturated rings. The number of nitrogens with zero attached hydrogens (tertiary/aromatic N) is 4. The molecule has 2 heterocycles. The van der Waals surface area contributed by atoms with E-state index in [2.05, 4.69) is 32.5 Å². The Hall–Kier alpha value is -3.88. The van der Waals surface area contributed by atoms with E-state index >= 15 is 0 Å². The Kier molecular flexibility index (Phi) is 6.16. The number of rotatable bonds is 5. The van der Waals surface area contributed by atoms with Gasteiger partial charge < -0.3 is 24.4 Å². The Morgan fingerprint density at radius 1 is 1.00 bits per heavy atom. The van der Waals surface area contributed by atoms with E-state index in [0.717, 1.165) is 43.1 Å². The average Bonchev–Trinajstić information content (AvgIpc) is 3.32. The molecule has 1 aliphatic carbocycles. The Labute approximate surface area is 197 Å². The number of amides is 2. The number of hydrogen-bond donors (Lipinski definition) is 1. The third-order valence-corrected chi connectivity index (χ3v) is 6.51. The Bertz CT molecular complexity index is 1150. The second-order valence-corrected chi connectivity index (χ2v) is 8.60. The Balaban J connectivity index is 1.14. The van der Waals surface area contributed by atoms with Crippen molar-refractivity contribution < 1.29 is 18.8 Å². The topological polar surface area (TPSA) is 101 Å². The van der Waals surface area contributed by atoms with E-state index in [1.807, 2.05) is 12.1 Å². The van der Waals surface area contributed by atoms with Crippen molar-refractivity contribution in [3.05, 3.63) is 60.0 Å². The summed E-state index contributed by atoms with van der Waals surface area (Å²) in [5.41, 5.74) is 3.12. The minimum absolute atomic E-state index is 0.153. The number of carbonyl (C=O) groups excluding carboxylic acids is 2. The molecule has 2 amide bonds. The fourth-order valence-corrected chi connectivity index (χ4v) is 4.17. The molecule has 1 aromatic heterocycles. The lowest BCUT2D eigenvalue weighted by atomic mass is 9.85. The molecule has 2 aromatic carbocycles. The number of piperazine rings is 1. The predicted octanol–water partition coefficient (Wildman–Crippen LogP) is 4.14. The lowest BCUT2D eigenvalue weighted by molar-refractivity contribution is 0.0600. The van der Waals surface area contributed by atoms with Gasteiger partial charge in [0.25, 0.3) is 0 Å².